The second kappa shape index (κ2) is 6.59. The number of hydrogen-bond acceptors (Lipinski definition) is 4. The van der Waals surface area contributed by atoms with Gasteiger partial charge in [0.2, 0.25) is 5.91 Å². The molecule has 0 radical (unpaired) electrons. The van der Waals surface area contributed by atoms with Gasteiger partial charge in [0.05, 0.1) is 7.11 Å². The first-order chi connectivity index (χ1) is 10.4. The van der Waals surface area contributed by atoms with Crippen LogP contribution in [0.25, 0.3) is 0 Å². The van der Waals surface area contributed by atoms with Crippen LogP contribution >= 0.6 is 0 Å². The lowest BCUT2D eigenvalue weighted by Gasteiger charge is -2.14. The number of halogens is 2. The lowest BCUT2D eigenvalue weighted by molar-refractivity contribution is -0.128. The van der Waals surface area contributed by atoms with Crippen molar-refractivity contribution >= 4 is 11.8 Å². The Bertz CT molecular complexity index is 580. The standard InChI is InChI=1S/C14H16F2N2O4/c1-18-6-5-9(13(18)20)17-12(19)8-3-4-10(21-2)11(7-8)22-14(15)16/h3-4,7,9,14H,5-6H2,1-2H3,(H,17,19). The van der Waals surface area contributed by atoms with Crippen LogP contribution in [0.2, 0.25) is 0 Å². The van der Waals surface area contributed by atoms with Crippen LogP contribution in [-0.4, -0.2) is 50.1 Å². The van der Waals surface area contributed by atoms with Crippen molar-refractivity contribution in [3.8, 4) is 11.5 Å². The number of ether oxygens (including phenoxy) is 2. The number of likely N-dealkylation sites (N-methyl/N-ethyl adjacent to an activating group) is 1. The molecule has 1 unspecified atom stereocenters. The highest BCUT2D eigenvalue weighted by Crippen LogP contribution is 2.29. The first-order valence-electron chi connectivity index (χ1n) is 6.61. The van der Waals surface area contributed by atoms with Gasteiger partial charge in [-0.2, -0.15) is 8.78 Å². The highest BCUT2D eigenvalue weighted by molar-refractivity contribution is 5.98. The summed E-state index contributed by atoms with van der Waals surface area (Å²) < 4.78 is 33.9. The predicted molar refractivity (Wildman–Crippen MR) is 73.1 cm³/mol. The maximum atomic E-state index is 12.4. The van der Waals surface area contributed by atoms with Crippen molar-refractivity contribution in [3.05, 3.63) is 23.8 Å². The van der Waals surface area contributed by atoms with E-state index in [-0.39, 0.29) is 23.0 Å². The van der Waals surface area contributed by atoms with Crippen LogP contribution in [0.3, 0.4) is 0 Å². The van der Waals surface area contributed by atoms with Crippen molar-refractivity contribution in [1.82, 2.24) is 10.2 Å². The summed E-state index contributed by atoms with van der Waals surface area (Å²) in [5.74, 6) is -0.852. The topological polar surface area (TPSA) is 67.9 Å². The molecular weight excluding hydrogens is 298 g/mol. The van der Waals surface area contributed by atoms with Crippen LogP contribution in [0.1, 0.15) is 16.8 Å². The van der Waals surface area contributed by atoms with E-state index in [4.69, 9.17) is 4.74 Å². The van der Waals surface area contributed by atoms with Crippen LogP contribution in [0, 0.1) is 0 Å². The fourth-order valence-corrected chi connectivity index (χ4v) is 2.20. The molecule has 0 saturated carbocycles. The van der Waals surface area contributed by atoms with Gasteiger partial charge < -0.3 is 19.7 Å². The molecule has 22 heavy (non-hydrogen) atoms. The van der Waals surface area contributed by atoms with E-state index in [0.717, 1.165) is 6.07 Å². The quantitative estimate of drug-likeness (QED) is 0.888. The molecule has 0 aromatic heterocycles. The van der Waals surface area contributed by atoms with Gasteiger partial charge in [-0.05, 0) is 24.6 Å². The Kier molecular flexibility index (Phi) is 4.79. The maximum Gasteiger partial charge on any atom is 0.387 e. The molecule has 1 fully saturated rings. The molecule has 1 aromatic carbocycles. The Morgan fingerprint density at radius 2 is 2.14 bits per heavy atom. The van der Waals surface area contributed by atoms with Gasteiger partial charge in [-0.15, -0.1) is 0 Å². The fraction of sp³-hybridized carbons (Fsp3) is 0.429. The number of hydrogen-bond donors (Lipinski definition) is 1. The molecule has 2 rings (SSSR count). The van der Waals surface area contributed by atoms with E-state index < -0.39 is 18.6 Å². The third kappa shape index (κ3) is 3.44. The number of carbonyl (C=O) groups excluding carboxylic acids is 2. The van der Waals surface area contributed by atoms with Crippen LogP contribution < -0.4 is 14.8 Å². The van der Waals surface area contributed by atoms with Gasteiger partial charge >= 0.3 is 6.61 Å². The minimum absolute atomic E-state index is 0.0912. The molecule has 0 bridgehead atoms. The van der Waals surface area contributed by atoms with Crippen molar-refractivity contribution in [2.45, 2.75) is 19.1 Å². The molecule has 8 heteroatoms. The number of nitrogens with one attached hydrogen (secondary N) is 1. The Balaban J connectivity index is 2.14. The molecule has 1 N–H and O–H groups in total. The number of likely N-dealkylation sites (tertiary alicyclic amines) is 1. The van der Waals surface area contributed by atoms with Gasteiger partial charge in [-0.25, -0.2) is 0 Å². The molecule has 1 atom stereocenters. The first-order valence-corrected chi connectivity index (χ1v) is 6.61. The Morgan fingerprint density at radius 3 is 2.68 bits per heavy atom. The van der Waals surface area contributed by atoms with E-state index in [0.29, 0.717) is 13.0 Å². The summed E-state index contributed by atoms with van der Waals surface area (Å²) in [7, 11) is 2.96. The average molecular weight is 314 g/mol. The van der Waals surface area contributed by atoms with E-state index in [1.165, 1.54) is 24.1 Å². The minimum Gasteiger partial charge on any atom is -0.493 e. The zero-order chi connectivity index (χ0) is 16.3. The maximum absolute atomic E-state index is 12.4. The molecule has 1 aromatic rings. The van der Waals surface area contributed by atoms with Gasteiger partial charge in [0.15, 0.2) is 11.5 Å². The van der Waals surface area contributed by atoms with Gasteiger partial charge in [0, 0.05) is 19.2 Å². The van der Waals surface area contributed by atoms with E-state index >= 15 is 0 Å². The summed E-state index contributed by atoms with van der Waals surface area (Å²) in [6.07, 6.45) is 0.512. The summed E-state index contributed by atoms with van der Waals surface area (Å²) in [5, 5.41) is 2.58. The number of rotatable bonds is 5. The van der Waals surface area contributed by atoms with Crippen LogP contribution in [0.15, 0.2) is 18.2 Å². The second-order valence-electron chi connectivity index (χ2n) is 4.82. The van der Waals surface area contributed by atoms with Crippen molar-refractivity contribution in [2.24, 2.45) is 0 Å². The van der Waals surface area contributed by atoms with E-state index in [2.05, 4.69) is 10.1 Å². The van der Waals surface area contributed by atoms with Gasteiger partial charge in [-0.1, -0.05) is 0 Å². The van der Waals surface area contributed by atoms with Crippen LogP contribution in [0.4, 0.5) is 8.78 Å². The highest BCUT2D eigenvalue weighted by atomic mass is 19.3. The summed E-state index contributed by atoms with van der Waals surface area (Å²) in [6, 6.07) is 3.33. The average Bonchev–Trinajstić information content (AvgIpc) is 2.78. The number of alkyl halides is 2. The number of methoxy groups -OCH3 is 1. The van der Waals surface area contributed by atoms with Gasteiger partial charge in [-0.3, -0.25) is 9.59 Å². The summed E-state index contributed by atoms with van der Waals surface area (Å²) in [5.41, 5.74) is 0.110. The summed E-state index contributed by atoms with van der Waals surface area (Å²) in [4.78, 5) is 25.4. The molecule has 0 spiro atoms. The van der Waals surface area contributed by atoms with E-state index in [9.17, 15) is 18.4 Å². The molecular formula is C14H16F2N2O4. The monoisotopic (exact) mass is 314 g/mol. The Morgan fingerprint density at radius 1 is 1.41 bits per heavy atom. The molecule has 1 aliphatic rings. The summed E-state index contributed by atoms with van der Waals surface area (Å²) in [6.45, 7) is -2.47. The second-order valence-corrected chi connectivity index (χ2v) is 4.82. The first kappa shape index (κ1) is 16.0. The van der Waals surface area contributed by atoms with E-state index in [1.807, 2.05) is 0 Å². The smallest absolute Gasteiger partial charge is 0.387 e. The third-order valence-electron chi connectivity index (χ3n) is 3.37. The molecule has 0 aliphatic carbocycles. The normalized spacial score (nSPS) is 17.8. The number of amides is 2. The summed E-state index contributed by atoms with van der Waals surface area (Å²) >= 11 is 0. The number of benzene rings is 1. The minimum atomic E-state index is -3.03. The van der Waals surface area contributed by atoms with Crippen molar-refractivity contribution in [1.29, 1.82) is 0 Å². The largest absolute Gasteiger partial charge is 0.493 e. The van der Waals surface area contributed by atoms with Crippen LogP contribution in [-0.2, 0) is 4.79 Å². The number of carbonyl (C=O) groups is 2. The zero-order valence-corrected chi connectivity index (χ0v) is 12.1. The van der Waals surface area contributed by atoms with Gasteiger partial charge in [0.1, 0.15) is 6.04 Å². The van der Waals surface area contributed by atoms with Crippen molar-refractivity contribution < 1.29 is 27.8 Å². The van der Waals surface area contributed by atoms with Crippen molar-refractivity contribution in [3.63, 3.8) is 0 Å². The van der Waals surface area contributed by atoms with E-state index in [1.54, 1.807) is 7.05 Å². The predicted octanol–water partition coefficient (Wildman–Crippen LogP) is 1.26. The van der Waals surface area contributed by atoms with Gasteiger partial charge in [0.25, 0.3) is 5.91 Å². The Labute approximate surface area is 126 Å². The molecule has 2 amide bonds. The molecule has 1 aliphatic heterocycles. The lowest BCUT2D eigenvalue weighted by Crippen LogP contribution is -2.40. The lowest BCUT2D eigenvalue weighted by atomic mass is 10.1. The number of nitrogens with zero attached hydrogens (tertiary/aromatic N) is 1. The fourth-order valence-electron chi connectivity index (χ4n) is 2.20. The zero-order valence-electron chi connectivity index (χ0n) is 12.1. The third-order valence-corrected chi connectivity index (χ3v) is 3.37. The highest BCUT2D eigenvalue weighted by Gasteiger charge is 2.30. The molecule has 6 nitrogen and oxygen atoms in total. The van der Waals surface area contributed by atoms with Crippen molar-refractivity contribution in [2.75, 3.05) is 20.7 Å². The van der Waals surface area contributed by atoms with Crippen LogP contribution in [0.5, 0.6) is 11.5 Å². The molecule has 1 saturated heterocycles. The molecule has 120 valence electrons. The Hall–Kier alpha value is -2.38. The SMILES string of the molecule is COc1ccc(C(=O)NC2CCN(C)C2=O)cc1OC(F)F. The molecule has 1 heterocycles.